The molecular weight excluding hydrogens is 210 g/mol. The summed E-state index contributed by atoms with van der Waals surface area (Å²) in [6.07, 6.45) is 7.04. The summed E-state index contributed by atoms with van der Waals surface area (Å²) in [6, 6.07) is 1.77. The molecule has 3 fully saturated rings. The highest BCUT2D eigenvalue weighted by atomic mass is 15.2. The van der Waals surface area contributed by atoms with Crippen molar-refractivity contribution in [2.24, 2.45) is 5.92 Å². The number of piperidine rings is 1. The lowest BCUT2D eigenvalue weighted by molar-refractivity contribution is 0.140. The molecule has 3 rings (SSSR count). The van der Waals surface area contributed by atoms with Crippen LogP contribution in [0.3, 0.4) is 0 Å². The van der Waals surface area contributed by atoms with Crippen molar-refractivity contribution in [3.05, 3.63) is 0 Å². The van der Waals surface area contributed by atoms with Gasteiger partial charge in [-0.1, -0.05) is 0 Å². The van der Waals surface area contributed by atoms with Crippen molar-refractivity contribution in [1.29, 1.82) is 0 Å². The third kappa shape index (κ3) is 3.21. The molecule has 0 aromatic rings. The van der Waals surface area contributed by atoms with Gasteiger partial charge in [0.05, 0.1) is 0 Å². The molecule has 1 N–H and O–H groups in total. The summed E-state index contributed by atoms with van der Waals surface area (Å²) in [4.78, 5) is 5.24. The van der Waals surface area contributed by atoms with Gasteiger partial charge in [0.25, 0.3) is 0 Å². The van der Waals surface area contributed by atoms with Gasteiger partial charge in [0, 0.05) is 18.6 Å². The number of likely N-dealkylation sites (tertiary alicyclic amines) is 2. The maximum absolute atomic E-state index is 3.69. The molecule has 0 spiro atoms. The van der Waals surface area contributed by atoms with Crippen molar-refractivity contribution in [2.75, 3.05) is 39.8 Å². The summed E-state index contributed by atoms with van der Waals surface area (Å²) < 4.78 is 0. The van der Waals surface area contributed by atoms with Crippen LogP contribution in [-0.4, -0.2) is 61.7 Å². The molecule has 3 heteroatoms. The Labute approximate surface area is 106 Å². The maximum atomic E-state index is 3.69. The van der Waals surface area contributed by atoms with Crippen molar-refractivity contribution in [3.8, 4) is 0 Å². The number of hydrogen-bond donors (Lipinski definition) is 1. The van der Waals surface area contributed by atoms with Gasteiger partial charge in [-0.25, -0.2) is 0 Å². The van der Waals surface area contributed by atoms with Crippen LogP contribution in [-0.2, 0) is 0 Å². The van der Waals surface area contributed by atoms with Crippen molar-refractivity contribution in [1.82, 2.24) is 15.1 Å². The predicted molar refractivity (Wildman–Crippen MR) is 71.2 cm³/mol. The van der Waals surface area contributed by atoms with E-state index in [0.717, 1.165) is 18.0 Å². The summed E-state index contributed by atoms with van der Waals surface area (Å²) in [5.74, 6) is 0.926. The molecule has 0 bridgehead atoms. The number of rotatable bonds is 4. The van der Waals surface area contributed by atoms with Crippen molar-refractivity contribution in [3.63, 3.8) is 0 Å². The van der Waals surface area contributed by atoms with Crippen molar-refractivity contribution >= 4 is 0 Å². The molecule has 0 aromatic carbocycles. The quantitative estimate of drug-likeness (QED) is 0.791. The molecule has 1 atom stereocenters. The second kappa shape index (κ2) is 5.25. The third-order valence-electron chi connectivity index (χ3n) is 4.79. The minimum atomic E-state index is 0.882. The normalized spacial score (nSPS) is 33.4. The Kier molecular flexibility index (Phi) is 3.69. The van der Waals surface area contributed by atoms with Crippen molar-refractivity contribution < 1.29 is 0 Å². The Morgan fingerprint density at radius 2 is 1.76 bits per heavy atom. The first-order valence-corrected chi connectivity index (χ1v) is 7.47. The topological polar surface area (TPSA) is 18.5 Å². The lowest BCUT2D eigenvalue weighted by Gasteiger charge is -2.35. The molecule has 0 aromatic heterocycles. The van der Waals surface area contributed by atoms with E-state index in [1.165, 1.54) is 64.8 Å². The molecule has 0 amide bonds. The monoisotopic (exact) mass is 237 g/mol. The van der Waals surface area contributed by atoms with Crippen LogP contribution in [0.4, 0.5) is 0 Å². The van der Waals surface area contributed by atoms with Gasteiger partial charge >= 0.3 is 0 Å². The average molecular weight is 237 g/mol. The lowest BCUT2D eigenvalue weighted by atomic mass is 10.0. The van der Waals surface area contributed by atoms with E-state index in [-0.39, 0.29) is 0 Å². The van der Waals surface area contributed by atoms with Gasteiger partial charge in [-0.3, -0.25) is 4.90 Å². The first-order chi connectivity index (χ1) is 8.31. The predicted octanol–water partition coefficient (Wildman–Crippen LogP) is 1.15. The number of nitrogens with one attached hydrogen (secondary N) is 1. The molecule has 2 saturated heterocycles. The zero-order valence-corrected chi connectivity index (χ0v) is 11.2. The van der Waals surface area contributed by atoms with Crippen LogP contribution in [0.15, 0.2) is 0 Å². The minimum absolute atomic E-state index is 0.882. The summed E-state index contributed by atoms with van der Waals surface area (Å²) in [5, 5.41) is 3.69. The molecule has 2 aliphatic heterocycles. The number of nitrogens with zero attached hydrogens (tertiary/aromatic N) is 2. The minimum Gasteiger partial charge on any atom is -0.314 e. The summed E-state index contributed by atoms with van der Waals surface area (Å²) in [5.41, 5.74) is 0. The third-order valence-corrected chi connectivity index (χ3v) is 4.79. The fourth-order valence-electron chi connectivity index (χ4n) is 3.34. The van der Waals surface area contributed by atoms with Gasteiger partial charge in [-0.15, -0.1) is 0 Å². The summed E-state index contributed by atoms with van der Waals surface area (Å²) in [7, 11) is 2.25. The van der Waals surface area contributed by atoms with Crippen LogP contribution < -0.4 is 5.32 Å². The highest BCUT2D eigenvalue weighted by Gasteiger charge is 2.30. The summed E-state index contributed by atoms with van der Waals surface area (Å²) >= 11 is 0. The van der Waals surface area contributed by atoms with Crippen LogP contribution in [0.2, 0.25) is 0 Å². The van der Waals surface area contributed by atoms with Gasteiger partial charge < -0.3 is 10.2 Å². The van der Waals surface area contributed by atoms with Crippen LogP contribution >= 0.6 is 0 Å². The molecule has 17 heavy (non-hydrogen) atoms. The Balaban J connectivity index is 1.40. The fraction of sp³-hybridized carbons (Fsp3) is 1.00. The zero-order chi connectivity index (χ0) is 11.7. The first kappa shape index (κ1) is 11.9. The summed E-state index contributed by atoms with van der Waals surface area (Å²) in [6.45, 7) is 6.57. The van der Waals surface area contributed by atoms with Gasteiger partial charge in [0.15, 0.2) is 0 Å². The van der Waals surface area contributed by atoms with E-state index < -0.39 is 0 Å². The lowest BCUT2D eigenvalue weighted by Crippen LogP contribution is -2.43. The van der Waals surface area contributed by atoms with E-state index >= 15 is 0 Å². The van der Waals surface area contributed by atoms with Crippen molar-refractivity contribution in [2.45, 2.75) is 44.2 Å². The highest BCUT2D eigenvalue weighted by molar-refractivity contribution is 4.88. The maximum Gasteiger partial charge on any atom is 0.0120 e. The average Bonchev–Trinajstić information content (AvgIpc) is 3.06. The fourth-order valence-corrected chi connectivity index (χ4v) is 3.34. The van der Waals surface area contributed by atoms with E-state index in [1.54, 1.807) is 0 Å². The van der Waals surface area contributed by atoms with Crippen LogP contribution in [0.25, 0.3) is 0 Å². The molecule has 0 radical (unpaired) electrons. The van der Waals surface area contributed by atoms with E-state index in [9.17, 15) is 0 Å². The smallest absolute Gasteiger partial charge is 0.0120 e. The molecule has 98 valence electrons. The van der Waals surface area contributed by atoms with E-state index in [2.05, 4.69) is 22.2 Å². The van der Waals surface area contributed by atoms with Crippen LogP contribution in [0.1, 0.15) is 32.1 Å². The second-order valence-corrected chi connectivity index (χ2v) is 6.37. The molecule has 2 heterocycles. The van der Waals surface area contributed by atoms with Crippen LogP contribution in [0.5, 0.6) is 0 Å². The van der Waals surface area contributed by atoms with Gasteiger partial charge in [0.2, 0.25) is 0 Å². The largest absolute Gasteiger partial charge is 0.314 e. The molecule has 1 aliphatic carbocycles. The SMILES string of the molecule is CN1CCC(N2CCC(CNC3CC3)C2)CC1. The highest BCUT2D eigenvalue weighted by Crippen LogP contribution is 2.25. The van der Waals surface area contributed by atoms with Gasteiger partial charge in [-0.05, 0) is 71.2 Å². The van der Waals surface area contributed by atoms with E-state index in [0.29, 0.717) is 0 Å². The Hall–Kier alpha value is -0.120. The molecule has 1 unspecified atom stereocenters. The molecule has 3 aliphatic rings. The zero-order valence-electron chi connectivity index (χ0n) is 11.2. The first-order valence-electron chi connectivity index (χ1n) is 7.47. The Morgan fingerprint density at radius 3 is 2.47 bits per heavy atom. The van der Waals surface area contributed by atoms with Gasteiger partial charge in [0.1, 0.15) is 0 Å². The standard InChI is InChI=1S/C14H27N3/c1-16-7-5-14(6-8-16)17-9-4-12(11-17)10-15-13-2-3-13/h12-15H,2-11H2,1H3. The van der Waals surface area contributed by atoms with E-state index in [1.807, 2.05) is 0 Å². The van der Waals surface area contributed by atoms with Gasteiger partial charge in [-0.2, -0.15) is 0 Å². The van der Waals surface area contributed by atoms with E-state index in [4.69, 9.17) is 0 Å². The Morgan fingerprint density at radius 1 is 1.00 bits per heavy atom. The van der Waals surface area contributed by atoms with Crippen LogP contribution in [0, 0.1) is 5.92 Å². The molecule has 1 saturated carbocycles. The molecular formula is C14H27N3. The Bertz CT molecular complexity index is 244. The molecule has 3 nitrogen and oxygen atoms in total. The second-order valence-electron chi connectivity index (χ2n) is 6.37. The number of hydrogen-bond acceptors (Lipinski definition) is 3.